The predicted molar refractivity (Wildman–Crippen MR) is 85.8 cm³/mol. The molecule has 0 aromatic carbocycles. The number of nitrogens with zero attached hydrogens (tertiary/aromatic N) is 2. The van der Waals surface area contributed by atoms with Crippen LogP contribution in [0.25, 0.3) is 0 Å². The van der Waals surface area contributed by atoms with E-state index in [4.69, 9.17) is 0 Å². The summed E-state index contributed by atoms with van der Waals surface area (Å²) in [4.78, 5) is 30.4. The summed E-state index contributed by atoms with van der Waals surface area (Å²) in [7, 11) is 0. The largest absolute Gasteiger partial charge is 0.408 e. The van der Waals surface area contributed by atoms with Gasteiger partial charge in [-0.05, 0) is 31.6 Å². The molecule has 1 aromatic heterocycles. The number of thiazole rings is 1. The van der Waals surface area contributed by atoms with E-state index in [1.807, 2.05) is 10.7 Å². The summed E-state index contributed by atoms with van der Waals surface area (Å²) in [6.45, 7) is 1.09. The zero-order chi connectivity index (χ0) is 18.0. The highest BCUT2D eigenvalue weighted by Gasteiger charge is 2.46. The van der Waals surface area contributed by atoms with Crippen molar-refractivity contribution >= 4 is 23.2 Å². The fourth-order valence-corrected chi connectivity index (χ4v) is 4.20. The monoisotopic (exact) mass is 375 g/mol. The molecule has 0 saturated carbocycles. The van der Waals surface area contributed by atoms with Crippen LogP contribution in [0.1, 0.15) is 30.7 Å². The van der Waals surface area contributed by atoms with Crippen LogP contribution >= 0.6 is 11.3 Å². The molecule has 0 spiro atoms. The van der Waals surface area contributed by atoms with E-state index in [1.165, 1.54) is 0 Å². The molecule has 5 nitrogen and oxygen atoms in total. The lowest BCUT2D eigenvalue weighted by atomic mass is 9.89. The van der Waals surface area contributed by atoms with Crippen LogP contribution in [0, 0.1) is 11.8 Å². The van der Waals surface area contributed by atoms with E-state index < -0.39 is 24.0 Å². The van der Waals surface area contributed by atoms with Gasteiger partial charge in [0.2, 0.25) is 11.8 Å². The Morgan fingerprint density at radius 3 is 2.56 bits per heavy atom. The van der Waals surface area contributed by atoms with Gasteiger partial charge in [0.15, 0.2) is 0 Å². The van der Waals surface area contributed by atoms with Crippen LogP contribution < -0.4 is 5.32 Å². The Bertz CT molecular complexity index is 613. The zero-order valence-corrected chi connectivity index (χ0v) is 14.4. The number of carbonyl (C=O) groups is 2. The van der Waals surface area contributed by atoms with Crippen LogP contribution in [0.2, 0.25) is 0 Å². The number of aromatic nitrogens is 1. The number of likely N-dealkylation sites (tertiary alicyclic amines) is 1. The highest BCUT2D eigenvalue weighted by atomic mass is 32.1. The summed E-state index contributed by atoms with van der Waals surface area (Å²) >= 11 is 1.61. The Morgan fingerprint density at radius 2 is 2.00 bits per heavy atom. The number of rotatable bonds is 3. The fraction of sp³-hybridized carbons (Fsp3) is 0.688. The highest BCUT2D eigenvalue weighted by Crippen LogP contribution is 2.30. The second-order valence-electron chi connectivity index (χ2n) is 6.63. The zero-order valence-electron chi connectivity index (χ0n) is 13.6. The number of hydrogen-bond donors (Lipinski definition) is 1. The minimum Gasteiger partial charge on any atom is -0.344 e. The minimum atomic E-state index is -4.46. The third kappa shape index (κ3) is 4.31. The van der Waals surface area contributed by atoms with Crippen molar-refractivity contribution in [3.8, 4) is 0 Å². The molecule has 2 fully saturated rings. The van der Waals surface area contributed by atoms with Gasteiger partial charge in [0.25, 0.3) is 0 Å². The van der Waals surface area contributed by atoms with Crippen molar-refractivity contribution < 1.29 is 22.8 Å². The first kappa shape index (κ1) is 18.2. The van der Waals surface area contributed by atoms with E-state index in [1.54, 1.807) is 22.4 Å². The van der Waals surface area contributed by atoms with Gasteiger partial charge < -0.3 is 10.2 Å². The molecule has 0 radical (unpaired) electrons. The molecule has 2 atom stereocenters. The first-order chi connectivity index (χ1) is 11.8. The Morgan fingerprint density at radius 1 is 1.28 bits per heavy atom. The van der Waals surface area contributed by atoms with E-state index in [0.717, 1.165) is 24.3 Å². The van der Waals surface area contributed by atoms with E-state index in [0.29, 0.717) is 19.0 Å². The number of alkyl halides is 3. The van der Waals surface area contributed by atoms with Crippen molar-refractivity contribution in [2.24, 2.45) is 11.8 Å². The lowest BCUT2D eigenvalue weighted by Crippen LogP contribution is -2.55. The Hall–Kier alpha value is -1.64. The first-order valence-electron chi connectivity index (χ1n) is 8.39. The van der Waals surface area contributed by atoms with Crippen molar-refractivity contribution in [3.63, 3.8) is 0 Å². The van der Waals surface area contributed by atoms with Gasteiger partial charge in [0.05, 0.1) is 5.01 Å². The molecule has 2 saturated heterocycles. The molecule has 0 bridgehead atoms. The molecule has 1 N–H and O–H groups in total. The minimum absolute atomic E-state index is 0.0477. The SMILES string of the molecule is O=C1NC(C(F)(F)F)CCC1C(=O)N1CCC(Cc2nccs2)CC1. The fourth-order valence-electron chi connectivity index (χ4n) is 3.47. The van der Waals surface area contributed by atoms with Gasteiger partial charge in [0.1, 0.15) is 12.0 Å². The normalized spacial score (nSPS) is 25.7. The maximum absolute atomic E-state index is 12.7. The van der Waals surface area contributed by atoms with Crippen molar-refractivity contribution in [2.75, 3.05) is 13.1 Å². The van der Waals surface area contributed by atoms with Crippen LogP contribution in [0.15, 0.2) is 11.6 Å². The summed E-state index contributed by atoms with van der Waals surface area (Å²) in [5.74, 6) is -1.69. The lowest BCUT2D eigenvalue weighted by Gasteiger charge is -2.36. The quantitative estimate of drug-likeness (QED) is 0.825. The molecule has 138 valence electrons. The van der Waals surface area contributed by atoms with Crippen LogP contribution in [0.5, 0.6) is 0 Å². The van der Waals surface area contributed by atoms with Crippen molar-refractivity contribution in [2.45, 2.75) is 44.3 Å². The number of carbonyl (C=O) groups excluding carboxylic acids is 2. The van der Waals surface area contributed by atoms with Gasteiger partial charge in [-0.2, -0.15) is 13.2 Å². The van der Waals surface area contributed by atoms with Gasteiger partial charge in [-0.25, -0.2) is 4.98 Å². The average Bonchev–Trinajstić information content (AvgIpc) is 3.07. The Labute approximate surface area is 147 Å². The van der Waals surface area contributed by atoms with Gasteiger partial charge >= 0.3 is 6.18 Å². The van der Waals surface area contributed by atoms with E-state index in [2.05, 4.69) is 4.98 Å². The molecule has 9 heteroatoms. The smallest absolute Gasteiger partial charge is 0.344 e. The van der Waals surface area contributed by atoms with Crippen molar-refractivity contribution in [1.82, 2.24) is 15.2 Å². The van der Waals surface area contributed by atoms with E-state index in [-0.39, 0.29) is 18.7 Å². The molecular weight excluding hydrogens is 355 g/mol. The third-order valence-corrected chi connectivity index (χ3v) is 5.75. The van der Waals surface area contributed by atoms with Crippen LogP contribution in [-0.2, 0) is 16.0 Å². The molecule has 25 heavy (non-hydrogen) atoms. The molecule has 2 aliphatic heterocycles. The summed E-state index contributed by atoms with van der Waals surface area (Å²) in [5, 5.41) is 4.96. The van der Waals surface area contributed by atoms with Gasteiger partial charge in [0, 0.05) is 31.1 Å². The summed E-state index contributed by atoms with van der Waals surface area (Å²) < 4.78 is 38.0. The van der Waals surface area contributed by atoms with Crippen molar-refractivity contribution in [1.29, 1.82) is 0 Å². The second-order valence-corrected chi connectivity index (χ2v) is 7.61. The number of nitrogens with one attached hydrogen (secondary N) is 1. The Balaban J connectivity index is 1.50. The molecule has 2 amide bonds. The maximum Gasteiger partial charge on any atom is 0.408 e. The topological polar surface area (TPSA) is 62.3 Å². The lowest BCUT2D eigenvalue weighted by molar-refractivity contribution is -0.172. The number of halogens is 3. The number of hydrogen-bond acceptors (Lipinski definition) is 4. The molecule has 0 aliphatic carbocycles. The van der Waals surface area contributed by atoms with Crippen molar-refractivity contribution in [3.05, 3.63) is 16.6 Å². The van der Waals surface area contributed by atoms with Crippen LogP contribution in [0.3, 0.4) is 0 Å². The number of piperidine rings is 2. The molecule has 1 aromatic rings. The highest BCUT2D eigenvalue weighted by molar-refractivity contribution is 7.09. The van der Waals surface area contributed by atoms with Gasteiger partial charge in [-0.1, -0.05) is 0 Å². The standard InChI is InChI=1S/C16H20F3N3O2S/c17-16(18,19)12-2-1-11(14(23)21-12)15(24)22-6-3-10(4-7-22)9-13-20-5-8-25-13/h5,8,10-12H,1-4,6-7,9H2,(H,21,23). The van der Waals surface area contributed by atoms with Crippen LogP contribution in [0.4, 0.5) is 13.2 Å². The van der Waals surface area contributed by atoms with E-state index in [9.17, 15) is 22.8 Å². The summed E-state index contributed by atoms with van der Waals surface area (Å²) in [6, 6.07) is -1.84. The van der Waals surface area contributed by atoms with Gasteiger partial charge in [-0.3, -0.25) is 9.59 Å². The second kappa shape index (κ2) is 7.31. The molecule has 2 unspecified atom stereocenters. The third-order valence-electron chi connectivity index (χ3n) is 4.94. The van der Waals surface area contributed by atoms with E-state index >= 15 is 0 Å². The summed E-state index contributed by atoms with van der Waals surface area (Å²) in [5.41, 5.74) is 0. The van der Waals surface area contributed by atoms with Crippen LogP contribution in [-0.4, -0.2) is 47.0 Å². The number of amides is 2. The van der Waals surface area contributed by atoms with Gasteiger partial charge in [-0.15, -0.1) is 11.3 Å². The molecule has 3 heterocycles. The Kier molecular flexibility index (Phi) is 5.31. The average molecular weight is 375 g/mol. The molecule has 2 aliphatic rings. The maximum atomic E-state index is 12.7. The molecule has 3 rings (SSSR count). The molecular formula is C16H20F3N3O2S. The first-order valence-corrected chi connectivity index (χ1v) is 9.27. The summed E-state index contributed by atoms with van der Waals surface area (Å²) in [6.07, 6.45) is -0.445. The predicted octanol–water partition coefficient (Wildman–Crippen LogP) is 2.38.